The van der Waals surface area contributed by atoms with E-state index in [-0.39, 0.29) is 6.10 Å². The summed E-state index contributed by atoms with van der Waals surface area (Å²) >= 11 is 0. The SMILES string of the molecule is Fc1ccc(C2CN(c3ncccn3)CCO2)cc1F. The Morgan fingerprint density at radius 3 is 2.70 bits per heavy atom. The maximum absolute atomic E-state index is 13.3. The first-order valence-corrected chi connectivity index (χ1v) is 6.32. The van der Waals surface area contributed by atoms with Gasteiger partial charge in [0.15, 0.2) is 11.6 Å². The lowest BCUT2D eigenvalue weighted by atomic mass is 10.1. The number of nitrogens with zero attached hydrogens (tertiary/aromatic N) is 3. The first kappa shape index (κ1) is 12.9. The van der Waals surface area contributed by atoms with Crippen LogP contribution in [0.25, 0.3) is 0 Å². The van der Waals surface area contributed by atoms with Crippen LogP contribution in [0.5, 0.6) is 0 Å². The molecule has 0 amide bonds. The van der Waals surface area contributed by atoms with Gasteiger partial charge >= 0.3 is 0 Å². The van der Waals surface area contributed by atoms with Gasteiger partial charge in [0.25, 0.3) is 0 Å². The molecule has 1 saturated heterocycles. The van der Waals surface area contributed by atoms with Gasteiger partial charge in [0.05, 0.1) is 13.2 Å². The molecule has 1 atom stereocenters. The van der Waals surface area contributed by atoms with Gasteiger partial charge in [-0.15, -0.1) is 0 Å². The largest absolute Gasteiger partial charge is 0.370 e. The van der Waals surface area contributed by atoms with Gasteiger partial charge in [0.2, 0.25) is 5.95 Å². The molecule has 2 heterocycles. The fraction of sp³-hybridized carbons (Fsp3) is 0.286. The average molecular weight is 277 g/mol. The summed E-state index contributed by atoms with van der Waals surface area (Å²) in [5.74, 6) is -1.10. The Bertz CT molecular complexity index is 594. The molecular weight excluding hydrogens is 264 g/mol. The van der Waals surface area contributed by atoms with Crippen LogP contribution in [0.1, 0.15) is 11.7 Å². The molecule has 0 aliphatic carbocycles. The lowest BCUT2D eigenvalue weighted by molar-refractivity contribution is 0.0389. The monoisotopic (exact) mass is 277 g/mol. The molecular formula is C14H13F2N3O. The summed E-state index contributed by atoms with van der Waals surface area (Å²) in [7, 11) is 0. The van der Waals surface area contributed by atoms with Crippen molar-refractivity contribution in [3.8, 4) is 0 Å². The van der Waals surface area contributed by atoms with E-state index in [1.54, 1.807) is 24.5 Å². The van der Waals surface area contributed by atoms with Crippen LogP contribution in [0, 0.1) is 11.6 Å². The Hall–Kier alpha value is -2.08. The highest BCUT2D eigenvalue weighted by Crippen LogP contribution is 2.25. The zero-order valence-corrected chi connectivity index (χ0v) is 10.7. The van der Waals surface area contributed by atoms with Gasteiger partial charge in [-0.2, -0.15) is 0 Å². The second kappa shape index (κ2) is 5.50. The van der Waals surface area contributed by atoms with Crippen LogP contribution in [-0.2, 0) is 4.74 Å². The van der Waals surface area contributed by atoms with Crippen LogP contribution >= 0.6 is 0 Å². The van der Waals surface area contributed by atoms with Crippen LogP contribution in [-0.4, -0.2) is 29.7 Å². The predicted octanol–water partition coefficient (Wildman–Crippen LogP) is 2.33. The molecule has 2 aromatic rings. The number of aromatic nitrogens is 2. The molecule has 1 fully saturated rings. The smallest absolute Gasteiger partial charge is 0.225 e. The van der Waals surface area contributed by atoms with Crippen molar-refractivity contribution in [2.45, 2.75) is 6.10 Å². The fourth-order valence-corrected chi connectivity index (χ4v) is 2.20. The first-order chi connectivity index (χ1) is 9.74. The van der Waals surface area contributed by atoms with Gasteiger partial charge in [0.1, 0.15) is 6.10 Å². The molecule has 6 heteroatoms. The maximum atomic E-state index is 13.3. The molecule has 104 valence electrons. The lowest BCUT2D eigenvalue weighted by Gasteiger charge is -2.33. The summed E-state index contributed by atoms with van der Waals surface area (Å²) < 4.78 is 31.9. The molecule has 1 aromatic carbocycles. The highest BCUT2D eigenvalue weighted by Gasteiger charge is 2.24. The number of ether oxygens (including phenoxy) is 1. The van der Waals surface area contributed by atoms with Gasteiger partial charge in [0, 0.05) is 18.9 Å². The molecule has 0 N–H and O–H groups in total. The standard InChI is InChI=1S/C14H13F2N3O/c15-11-3-2-10(8-12(11)16)13-9-19(6-7-20-13)14-17-4-1-5-18-14/h1-5,8,13H,6-7,9H2. The normalized spacial score (nSPS) is 19.1. The summed E-state index contributed by atoms with van der Waals surface area (Å²) in [5, 5.41) is 0. The molecule has 0 bridgehead atoms. The number of halogens is 2. The van der Waals surface area contributed by atoms with Crippen molar-refractivity contribution in [1.82, 2.24) is 9.97 Å². The second-order valence-electron chi connectivity index (χ2n) is 4.53. The van der Waals surface area contributed by atoms with Gasteiger partial charge in [-0.25, -0.2) is 18.7 Å². The van der Waals surface area contributed by atoms with Gasteiger partial charge in [-0.05, 0) is 23.8 Å². The van der Waals surface area contributed by atoms with Crippen LogP contribution in [0.15, 0.2) is 36.7 Å². The Kier molecular flexibility index (Phi) is 3.56. The highest BCUT2D eigenvalue weighted by atomic mass is 19.2. The quantitative estimate of drug-likeness (QED) is 0.844. The summed E-state index contributed by atoms with van der Waals surface area (Å²) in [5.41, 5.74) is 0.615. The van der Waals surface area contributed by atoms with E-state index < -0.39 is 11.6 Å². The zero-order valence-electron chi connectivity index (χ0n) is 10.7. The van der Waals surface area contributed by atoms with Crippen molar-refractivity contribution < 1.29 is 13.5 Å². The van der Waals surface area contributed by atoms with Crippen molar-refractivity contribution in [3.05, 3.63) is 53.9 Å². The van der Waals surface area contributed by atoms with Crippen LogP contribution < -0.4 is 4.90 Å². The number of anilines is 1. The molecule has 1 aliphatic rings. The summed E-state index contributed by atoms with van der Waals surface area (Å²) in [6, 6.07) is 5.58. The van der Waals surface area contributed by atoms with E-state index in [2.05, 4.69) is 9.97 Å². The Morgan fingerprint density at radius 2 is 1.95 bits per heavy atom. The molecule has 1 unspecified atom stereocenters. The van der Waals surface area contributed by atoms with Crippen LogP contribution in [0.2, 0.25) is 0 Å². The molecule has 3 rings (SSSR count). The molecule has 0 radical (unpaired) electrons. The van der Waals surface area contributed by atoms with Gasteiger partial charge in [-0.1, -0.05) is 6.07 Å². The van der Waals surface area contributed by atoms with Crippen molar-refractivity contribution in [3.63, 3.8) is 0 Å². The van der Waals surface area contributed by atoms with E-state index in [1.165, 1.54) is 6.07 Å². The molecule has 0 spiro atoms. The zero-order chi connectivity index (χ0) is 13.9. The topological polar surface area (TPSA) is 38.2 Å². The number of rotatable bonds is 2. The molecule has 1 aromatic heterocycles. The maximum Gasteiger partial charge on any atom is 0.225 e. The van der Waals surface area contributed by atoms with Crippen LogP contribution in [0.3, 0.4) is 0 Å². The highest BCUT2D eigenvalue weighted by molar-refractivity contribution is 5.31. The fourth-order valence-electron chi connectivity index (χ4n) is 2.20. The molecule has 4 nitrogen and oxygen atoms in total. The van der Waals surface area contributed by atoms with E-state index in [9.17, 15) is 8.78 Å². The Morgan fingerprint density at radius 1 is 1.15 bits per heavy atom. The van der Waals surface area contributed by atoms with Gasteiger partial charge < -0.3 is 9.64 Å². The third-order valence-electron chi connectivity index (χ3n) is 3.22. The van der Waals surface area contributed by atoms with Gasteiger partial charge in [-0.3, -0.25) is 0 Å². The number of benzene rings is 1. The summed E-state index contributed by atoms with van der Waals surface area (Å²) in [6.07, 6.45) is 3.03. The third-order valence-corrected chi connectivity index (χ3v) is 3.22. The Labute approximate surface area is 115 Å². The summed E-state index contributed by atoms with van der Waals surface area (Å²) in [4.78, 5) is 10.3. The number of hydrogen-bond donors (Lipinski definition) is 0. The van der Waals surface area contributed by atoms with Crippen molar-refractivity contribution in [2.75, 3.05) is 24.6 Å². The van der Waals surface area contributed by atoms with Crippen molar-refractivity contribution >= 4 is 5.95 Å². The van der Waals surface area contributed by atoms with Crippen LogP contribution in [0.4, 0.5) is 14.7 Å². The number of hydrogen-bond acceptors (Lipinski definition) is 4. The molecule has 20 heavy (non-hydrogen) atoms. The number of morpholine rings is 1. The average Bonchev–Trinajstić information content (AvgIpc) is 2.51. The van der Waals surface area contributed by atoms with E-state index in [4.69, 9.17) is 4.74 Å². The molecule has 1 aliphatic heterocycles. The summed E-state index contributed by atoms with van der Waals surface area (Å²) in [6.45, 7) is 1.67. The minimum Gasteiger partial charge on any atom is -0.370 e. The second-order valence-corrected chi connectivity index (χ2v) is 4.53. The third kappa shape index (κ3) is 2.60. The van der Waals surface area contributed by atoms with E-state index >= 15 is 0 Å². The minimum absolute atomic E-state index is 0.317. The molecule has 0 saturated carbocycles. The first-order valence-electron chi connectivity index (χ1n) is 6.32. The Balaban J connectivity index is 1.79. The van der Waals surface area contributed by atoms with E-state index in [1.807, 2.05) is 4.90 Å². The van der Waals surface area contributed by atoms with E-state index in [0.29, 0.717) is 31.2 Å². The van der Waals surface area contributed by atoms with E-state index in [0.717, 1.165) is 6.07 Å². The predicted molar refractivity (Wildman–Crippen MR) is 69.3 cm³/mol. The van der Waals surface area contributed by atoms with Crippen molar-refractivity contribution in [1.29, 1.82) is 0 Å². The lowest BCUT2D eigenvalue weighted by Crippen LogP contribution is -2.39. The minimum atomic E-state index is -0.862. The van der Waals surface area contributed by atoms with Crippen molar-refractivity contribution in [2.24, 2.45) is 0 Å².